The molecule has 0 atom stereocenters. The van der Waals surface area contributed by atoms with Gasteiger partial charge >= 0.3 is 0 Å². The second-order valence-electron chi connectivity index (χ2n) is 4.40. The Kier molecular flexibility index (Phi) is 2.48. The lowest BCUT2D eigenvalue weighted by Gasteiger charge is -2.37. The van der Waals surface area contributed by atoms with Crippen molar-refractivity contribution in [3.8, 4) is 0 Å². The monoisotopic (exact) mass is 224 g/mol. The van der Waals surface area contributed by atoms with Crippen LogP contribution in [0.4, 0.5) is 17.1 Å². The molecule has 0 N–H and O–H groups in total. The zero-order valence-corrected chi connectivity index (χ0v) is 10.0. The molecule has 1 aliphatic heterocycles. The minimum atomic E-state index is 1.04. The first-order valence-electron chi connectivity index (χ1n) is 5.99. The van der Waals surface area contributed by atoms with Crippen LogP contribution in [0.25, 0.3) is 0 Å². The van der Waals surface area contributed by atoms with E-state index in [1.165, 1.54) is 17.1 Å². The molecule has 86 valence electrons. The number of hydrogen-bond acceptors (Lipinski definition) is 2. The molecule has 0 bridgehead atoms. The van der Waals surface area contributed by atoms with Gasteiger partial charge in [0.05, 0.1) is 11.4 Å². The third-order valence-electron chi connectivity index (χ3n) is 3.31. The molecule has 0 aliphatic carbocycles. The molecule has 2 heteroatoms. The summed E-state index contributed by atoms with van der Waals surface area (Å²) in [4.78, 5) is 4.70. The van der Waals surface area contributed by atoms with Gasteiger partial charge in [0.2, 0.25) is 0 Å². The van der Waals surface area contributed by atoms with Crippen LogP contribution in [0.5, 0.6) is 0 Å². The third kappa shape index (κ3) is 1.76. The van der Waals surface area contributed by atoms with Crippen LogP contribution < -0.4 is 9.80 Å². The van der Waals surface area contributed by atoms with E-state index < -0.39 is 0 Å². The van der Waals surface area contributed by atoms with Crippen molar-refractivity contribution < 1.29 is 0 Å². The highest BCUT2D eigenvalue weighted by molar-refractivity contribution is 5.79. The van der Waals surface area contributed by atoms with Crippen molar-refractivity contribution in [1.82, 2.24) is 0 Å². The number of fused-ring (bicyclic) bond motifs is 1. The summed E-state index contributed by atoms with van der Waals surface area (Å²) in [6.45, 7) is 2.10. The molecule has 0 spiro atoms. The van der Waals surface area contributed by atoms with Gasteiger partial charge in [0.1, 0.15) is 0 Å². The highest BCUT2D eigenvalue weighted by atomic mass is 15.3. The van der Waals surface area contributed by atoms with Gasteiger partial charge in [-0.05, 0) is 24.3 Å². The first-order valence-corrected chi connectivity index (χ1v) is 5.99. The second kappa shape index (κ2) is 4.13. The SMILES string of the molecule is CN1CCN(c2ccccc2)c2ccccc21. The molecule has 0 radical (unpaired) electrons. The lowest BCUT2D eigenvalue weighted by Crippen LogP contribution is -2.36. The highest BCUT2D eigenvalue weighted by Gasteiger charge is 2.20. The third-order valence-corrected chi connectivity index (χ3v) is 3.31. The molecule has 0 saturated heterocycles. The number of rotatable bonds is 1. The van der Waals surface area contributed by atoms with Crippen LogP contribution in [-0.2, 0) is 0 Å². The van der Waals surface area contributed by atoms with Crippen LogP contribution in [0.1, 0.15) is 0 Å². The Morgan fingerprint density at radius 1 is 0.765 bits per heavy atom. The summed E-state index contributed by atoms with van der Waals surface area (Å²) in [5.41, 5.74) is 3.88. The Morgan fingerprint density at radius 3 is 2.18 bits per heavy atom. The van der Waals surface area contributed by atoms with Crippen LogP contribution in [-0.4, -0.2) is 20.1 Å². The first-order chi connectivity index (χ1) is 8.36. The van der Waals surface area contributed by atoms with E-state index in [2.05, 4.69) is 71.4 Å². The standard InChI is InChI=1S/C15H16N2/c1-16-11-12-17(13-7-3-2-4-8-13)15-10-6-5-9-14(15)16/h2-10H,11-12H2,1H3. The van der Waals surface area contributed by atoms with Crippen molar-refractivity contribution >= 4 is 17.1 Å². The van der Waals surface area contributed by atoms with Gasteiger partial charge in [0, 0.05) is 25.8 Å². The van der Waals surface area contributed by atoms with Crippen LogP contribution in [0, 0.1) is 0 Å². The number of nitrogens with zero attached hydrogens (tertiary/aromatic N) is 2. The fourth-order valence-electron chi connectivity index (χ4n) is 2.38. The van der Waals surface area contributed by atoms with Crippen molar-refractivity contribution in [3.05, 3.63) is 54.6 Å². The Balaban J connectivity index is 2.07. The van der Waals surface area contributed by atoms with Gasteiger partial charge in [-0.3, -0.25) is 0 Å². The zero-order chi connectivity index (χ0) is 11.7. The zero-order valence-electron chi connectivity index (χ0n) is 10.0. The summed E-state index contributed by atoms with van der Waals surface area (Å²) >= 11 is 0. The molecule has 1 heterocycles. The smallest absolute Gasteiger partial charge is 0.0649 e. The molecular weight excluding hydrogens is 208 g/mol. The molecule has 0 fully saturated rings. The maximum atomic E-state index is 2.38. The first kappa shape index (κ1) is 10.2. The fraction of sp³-hybridized carbons (Fsp3) is 0.200. The number of hydrogen-bond donors (Lipinski definition) is 0. The average molecular weight is 224 g/mol. The number of likely N-dealkylation sites (N-methyl/N-ethyl adjacent to an activating group) is 1. The lowest BCUT2D eigenvalue weighted by molar-refractivity contribution is 0.822. The summed E-state index contributed by atoms with van der Waals surface area (Å²) < 4.78 is 0. The van der Waals surface area contributed by atoms with Crippen LogP contribution in [0.3, 0.4) is 0 Å². The van der Waals surface area contributed by atoms with Crippen molar-refractivity contribution in [3.63, 3.8) is 0 Å². The van der Waals surface area contributed by atoms with Crippen molar-refractivity contribution in [2.45, 2.75) is 0 Å². The summed E-state index contributed by atoms with van der Waals surface area (Å²) in [5, 5.41) is 0. The van der Waals surface area contributed by atoms with Crippen LogP contribution in [0.2, 0.25) is 0 Å². The molecule has 3 rings (SSSR count). The second-order valence-corrected chi connectivity index (χ2v) is 4.40. The lowest BCUT2D eigenvalue weighted by atomic mass is 10.1. The van der Waals surface area contributed by atoms with Gasteiger partial charge < -0.3 is 9.80 Å². The van der Waals surface area contributed by atoms with Gasteiger partial charge in [0.15, 0.2) is 0 Å². The van der Waals surface area contributed by atoms with E-state index in [-0.39, 0.29) is 0 Å². The van der Waals surface area contributed by atoms with Gasteiger partial charge in [-0.1, -0.05) is 30.3 Å². The Labute approximate surface area is 102 Å². The molecular formula is C15H16N2. The van der Waals surface area contributed by atoms with E-state index >= 15 is 0 Å². The highest BCUT2D eigenvalue weighted by Crippen LogP contribution is 2.36. The summed E-state index contributed by atoms with van der Waals surface area (Å²) in [6.07, 6.45) is 0. The average Bonchev–Trinajstić information content (AvgIpc) is 2.41. The van der Waals surface area contributed by atoms with Crippen LogP contribution >= 0.6 is 0 Å². The van der Waals surface area contributed by atoms with E-state index in [1.54, 1.807) is 0 Å². The van der Waals surface area contributed by atoms with Crippen molar-refractivity contribution in [2.75, 3.05) is 29.9 Å². The molecule has 17 heavy (non-hydrogen) atoms. The van der Waals surface area contributed by atoms with E-state index in [9.17, 15) is 0 Å². The molecule has 2 nitrogen and oxygen atoms in total. The van der Waals surface area contributed by atoms with Crippen molar-refractivity contribution in [1.29, 1.82) is 0 Å². The minimum Gasteiger partial charge on any atom is -0.371 e. The summed E-state index contributed by atoms with van der Waals surface area (Å²) in [6, 6.07) is 19.2. The van der Waals surface area contributed by atoms with Gasteiger partial charge in [-0.2, -0.15) is 0 Å². The minimum absolute atomic E-state index is 1.04. The van der Waals surface area contributed by atoms with E-state index in [0.717, 1.165) is 13.1 Å². The Bertz CT molecular complexity index is 507. The number of para-hydroxylation sites is 3. The predicted molar refractivity (Wildman–Crippen MR) is 73.2 cm³/mol. The molecule has 0 aromatic heterocycles. The van der Waals surface area contributed by atoms with Gasteiger partial charge in [-0.25, -0.2) is 0 Å². The molecule has 0 unspecified atom stereocenters. The number of anilines is 3. The predicted octanol–water partition coefficient (Wildman–Crippen LogP) is 3.27. The van der Waals surface area contributed by atoms with E-state index in [4.69, 9.17) is 0 Å². The summed E-state index contributed by atoms with van der Waals surface area (Å²) in [7, 11) is 2.15. The maximum Gasteiger partial charge on any atom is 0.0649 e. The normalized spacial score (nSPS) is 14.6. The molecule has 1 aliphatic rings. The van der Waals surface area contributed by atoms with Crippen LogP contribution in [0.15, 0.2) is 54.6 Å². The van der Waals surface area contributed by atoms with Gasteiger partial charge in [0.25, 0.3) is 0 Å². The van der Waals surface area contributed by atoms with Gasteiger partial charge in [-0.15, -0.1) is 0 Å². The molecule has 2 aromatic carbocycles. The molecule has 0 amide bonds. The molecule has 2 aromatic rings. The topological polar surface area (TPSA) is 6.48 Å². The Hall–Kier alpha value is -1.96. The summed E-state index contributed by atoms with van der Waals surface area (Å²) in [5.74, 6) is 0. The Morgan fingerprint density at radius 2 is 1.41 bits per heavy atom. The van der Waals surface area contributed by atoms with E-state index in [0.29, 0.717) is 0 Å². The van der Waals surface area contributed by atoms with E-state index in [1.807, 2.05) is 0 Å². The molecule has 0 saturated carbocycles. The largest absolute Gasteiger partial charge is 0.371 e. The maximum absolute atomic E-state index is 2.38. The fourth-order valence-corrected chi connectivity index (χ4v) is 2.38. The number of benzene rings is 2. The van der Waals surface area contributed by atoms with Crippen molar-refractivity contribution in [2.24, 2.45) is 0 Å². The quantitative estimate of drug-likeness (QED) is 0.733.